The van der Waals surface area contributed by atoms with Gasteiger partial charge in [0.15, 0.2) is 0 Å². The Morgan fingerprint density at radius 2 is 2.00 bits per heavy atom. The van der Waals surface area contributed by atoms with Crippen molar-refractivity contribution in [3.63, 3.8) is 0 Å². The molecule has 1 aliphatic heterocycles. The molecule has 0 aromatic heterocycles. The van der Waals surface area contributed by atoms with Crippen molar-refractivity contribution >= 4 is 0 Å². The molecule has 1 heterocycles. The molecule has 2 N–H and O–H groups in total. The van der Waals surface area contributed by atoms with E-state index >= 15 is 0 Å². The monoisotopic (exact) mass is 226 g/mol. The standard InChI is InChI=1S/C13H26N2O/c1-12(16-2)5-4-9-15(11-12)10-8-13(14)6-3-7-13/h3-11,14H2,1-2H3. The van der Waals surface area contributed by atoms with Gasteiger partial charge in [0.05, 0.1) is 5.60 Å². The molecule has 1 saturated heterocycles. The molecule has 0 radical (unpaired) electrons. The van der Waals surface area contributed by atoms with Crippen LogP contribution in [0.25, 0.3) is 0 Å². The molecule has 3 nitrogen and oxygen atoms in total. The molecule has 2 aliphatic rings. The van der Waals surface area contributed by atoms with Gasteiger partial charge in [-0.1, -0.05) is 0 Å². The van der Waals surface area contributed by atoms with Crippen LogP contribution in [0.4, 0.5) is 0 Å². The van der Waals surface area contributed by atoms with Crippen LogP contribution in [0.5, 0.6) is 0 Å². The second-order valence-electron chi connectivity index (χ2n) is 6.00. The Morgan fingerprint density at radius 3 is 2.56 bits per heavy atom. The van der Waals surface area contributed by atoms with Crippen LogP contribution in [0.1, 0.15) is 45.4 Å². The number of nitrogens with two attached hydrogens (primary N) is 1. The molecule has 94 valence electrons. The molecule has 16 heavy (non-hydrogen) atoms. The van der Waals surface area contributed by atoms with E-state index in [4.69, 9.17) is 10.5 Å². The smallest absolute Gasteiger partial charge is 0.0777 e. The largest absolute Gasteiger partial charge is 0.377 e. The number of nitrogens with zero attached hydrogens (tertiary/aromatic N) is 1. The predicted octanol–water partition coefficient (Wildman–Crippen LogP) is 1.76. The molecule has 0 amide bonds. The van der Waals surface area contributed by atoms with Crippen LogP contribution in [0.3, 0.4) is 0 Å². The van der Waals surface area contributed by atoms with Gasteiger partial charge in [0.25, 0.3) is 0 Å². The number of piperidine rings is 1. The van der Waals surface area contributed by atoms with Crippen LogP contribution in [-0.2, 0) is 4.74 Å². The van der Waals surface area contributed by atoms with E-state index in [-0.39, 0.29) is 11.1 Å². The van der Waals surface area contributed by atoms with Crippen molar-refractivity contribution < 1.29 is 4.74 Å². The van der Waals surface area contributed by atoms with Crippen LogP contribution in [0.2, 0.25) is 0 Å². The van der Waals surface area contributed by atoms with Crippen molar-refractivity contribution in [3.8, 4) is 0 Å². The molecule has 0 spiro atoms. The van der Waals surface area contributed by atoms with Crippen molar-refractivity contribution in [2.75, 3.05) is 26.7 Å². The van der Waals surface area contributed by atoms with E-state index in [1.165, 1.54) is 38.6 Å². The van der Waals surface area contributed by atoms with Gasteiger partial charge >= 0.3 is 0 Å². The van der Waals surface area contributed by atoms with Crippen LogP contribution in [0, 0.1) is 0 Å². The Hall–Kier alpha value is -0.120. The first-order valence-electron chi connectivity index (χ1n) is 6.62. The van der Waals surface area contributed by atoms with E-state index in [9.17, 15) is 0 Å². The summed E-state index contributed by atoms with van der Waals surface area (Å²) in [5, 5.41) is 0. The van der Waals surface area contributed by atoms with E-state index in [1.807, 2.05) is 7.11 Å². The number of rotatable bonds is 4. The fourth-order valence-corrected chi connectivity index (χ4v) is 2.93. The molecule has 2 fully saturated rings. The SMILES string of the molecule is COC1(C)CCCN(CCC2(N)CCC2)C1. The summed E-state index contributed by atoms with van der Waals surface area (Å²) in [6, 6.07) is 0. The molecule has 1 aliphatic carbocycles. The van der Waals surface area contributed by atoms with Gasteiger partial charge in [0.1, 0.15) is 0 Å². The van der Waals surface area contributed by atoms with Crippen LogP contribution in [-0.4, -0.2) is 42.8 Å². The first-order chi connectivity index (χ1) is 7.55. The second kappa shape index (κ2) is 4.63. The Kier molecular flexibility index (Phi) is 3.57. The highest BCUT2D eigenvalue weighted by Crippen LogP contribution is 2.33. The summed E-state index contributed by atoms with van der Waals surface area (Å²) < 4.78 is 5.61. The van der Waals surface area contributed by atoms with Crippen LogP contribution in [0.15, 0.2) is 0 Å². The van der Waals surface area contributed by atoms with Crippen molar-refractivity contribution in [3.05, 3.63) is 0 Å². The topological polar surface area (TPSA) is 38.5 Å². The zero-order valence-electron chi connectivity index (χ0n) is 10.8. The fraction of sp³-hybridized carbons (Fsp3) is 1.00. The molecular formula is C13H26N2O. The van der Waals surface area contributed by atoms with Gasteiger partial charge in [0.2, 0.25) is 0 Å². The summed E-state index contributed by atoms with van der Waals surface area (Å²) >= 11 is 0. The summed E-state index contributed by atoms with van der Waals surface area (Å²) in [6.07, 6.45) is 7.37. The molecule has 3 heteroatoms. The number of ether oxygens (including phenoxy) is 1. The van der Waals surface area contributed by atoms with Gasteiger partial charge < -0.3 is 15.4 Å². The Labute approximate surface area is 99.3 Å². The van der Waals surface area contributed by atoms with Crippen LogP contribution < -0.4 is 5.73 Å². The molecule has 2 rings (SSSR count). The molecule has 1 unspecified atom stereocenters. The lowest BCUT2D eigenvalue weighted by Gasteiger charge is -2.43. The van der Waals surface area contributed by atoms with Crippen LogP contribution >= 0.6 is 0 Å². The maximum absolute atomic E-state index is 6.26. The summed E-state index contributed by atoms with van der Waals surface area (Å²) in [5.41, 5.74) is 6.50. The molecule has 1 saturated carbocycles. The third kappa shape index (κ3) is 2.76. The predicted molar refractivity (Wildman–Crippen MR) is 66.5 cm³/mol. The van der Waals surface area contributed by atoms with Gasteiger partial charge in [0, 0.05) is 19.2 Å². The van der Waals surface area contributed by atoms with E-state index in [2.05, 4.69) is 11.8 Å². The minimum atomic E-state index is 0.0691. The Bertz CT molecular complexity index is 240. The lowest BCUT2D eigenvalue weighted by atomic mass is 9.75. The molecule has 1 atom stereocenters. The van der Waals surface area contributed by atoms with Gasteiger partial charge in [-0.25, -0.2) is 0 Å². The summed E-state index contributed by atoms with van der Waals surface area (Å²) in [5.74, 6) is 0. The zero-order valence-corrected chi connectivity index (χ0v) is 10.8. The first-order valence-corrected chi connectivity index (χ1v) is 6.62. The fourth-order valence-electron chi connectivity index (χ4n) is 2.93. The van der Waals surface area contributed by atoms with Crippen molar-refractivity contribution in [1.29, 1.82) is 0 Å². The normalized spacial score (nSPS) is 34.7. The highest BCUT2D eigenvalue weighted by Gasteiger charge is 2.35. The van der Waals surface area contributed by atoms with E-state index in [0.29, 0.717) is 0 Å². The molecule has 0 aromatic carbocycles. The quantitative estimate of drug-likeness (QED) is 0.794. The average molecular weight is 226 g/mol. The Balaban J connectivity index is 1.77. The Morgan fingerprint density at radius 1 is 1.25 bits per heavy atom. The van der Waals surface area contributed by atoms with Gasteiger partial charge in [-0.3, -0.25) is 0 Å². The third-order valence-corrected chi connectivity index (χ3v) is 4.51. The maximum Gasteiger partial charge on any atom is 0.0777 e. The number of likely N-dealkylation sites (tertiary alicyclic amines) is 1. The average Bonchev–Trinajstić information content (AvgIpc) is 2.24. The maximum atomic E-state index is 6.26. The molecular weight excluding hydrogens is 200 g/mol. The second-order valence-corrected chi connectivity index (χ2v) is 6.00. The molecule has 0 aromatic rings. The summed E-state index contributed by atoms with van der Waals surface area (Å²) in [6.45, 7) is 5.66. The minimum Gasteiger partial charge on any atom is -0.377 e. The third-order valence-electron chi connectivity index (χ3n) is 4.51. The van der Waals surface area contributed by atoms with Gasteiger partial charge in [-0.2, -0.15) is 0 Å². The first kappa shape index (κ1) is 12.3. The highest BCUT2D eigenvalue weighted by atomic mass is 16.5. The van der Waals surface area contributed by atoms with E-state index in [1.54, 1.807) is 0 Å². The van der Waals surface area contributed by atoms with E-state index < -0.39 is 0 Å². The van der Waals surface area contributed by atoms with E-state index in [0.717, 1.165) is 19.5 Å². The highest BCUT2D eigenvalue weighted by molar-refractivity contribution is 4.94. The zero-order chi connectivity index (χ0) is 11.6. The van der Waals surface area contributed by atoms with Crippen molar-refractivity contribution in [2.24, 2.45) is 5.73 Å². The molecule has 0 bridgehead atoms. The lowest BCUT2D eigenvalue weighted by molar-refractivity contribution is -0.0525. The van der Waals surface area contributed by atoms with Crippen molar-refractivity contribution in [1.82, 2.24) is 4.90 Å². The van der Waals surface area contributed by atoms with Gasteiger partial charge in [-0.05, 0) is 58.5 Å². The summed E-state index contributed by atoms with van der Waals surface area (Å²) in [4.78, 5) is 2.53. The summed E-state index contributed by atoms with van der Waals surface area (Å²) in [7, 11) is 1.83. The van der Waals surface area contributed by atoms with Gasteiger partial charge in [-0.15, -0.1) is 0 Å². The number of hydrogen-bond donors (Lipinski definition) is 1. The minimum absolute atomic E-state index is 0.0691. The number of hydrogen-bond acceptors (Lipinski definition) is 3. The number of methoxy groups -OCH3 is 1. The van der Waals surface area contributed by atoms with Crippen molar-refractivity contribution in [2.45, 2.75) is 56.6 Å². The lowest BCUT2D eigenvalue weighted by Crippen LogP contribution is -2.52.